The fraction of sp³-hybridized carbons (Fsp3) is 0.609. The van der Waals surface area contributed by atoms with E-state index in [1.165, 1.54) is 6.07 Å². The zero-order valence-corrected chi connectivity index (χ0v) is 17.7. The van der Waals surface area contributed by atoms with E-state index in [2.05, 4.69) is 20.5 Å². The van der Waals surface area contributed by atoms with Gasteiger partial charge in [-0.05, 0) is 62.1 Å². The number of ether oxygens (including phenoxy) is 1. The van der Waals surface area contributed by atoms with Gasteiger partial charge < -0.3 is 15.0 Å². The van der Waals surface area contributed by atoms with E-state index in [4.69, 9.17) is 7.48 Å². The maximum absolute atomic E-state index is 13.3. The van der Waals surface area contributed by atoms with E-state index in [1.807, 2.05) is 4.90 Å². The number of hydrogen-bond acceptors (Lipinski definition) is 6. The van der Waals surface area contributed by atoms with Crippen LogP contribution < -0.4 is 5.32 Å². The minimum Gasteiger partial charge on any atom is -0.377 e. The molecule has 2 saturated heterocycles. The molecular weight excluding hydrogens is 419 g/mol. The molecule has 2 unspecified atom stereocenters. The lowest BCUT2D eigenvalue weighted by molar-refractivity contribution is -0.137. The van der Waals surface area contributed by atoms with E-state index in [0.29, 0.717) is 37.4 Å². The van der Waals surface area contributed by atoms with Crippen LogP contribution in [0.2, 0.25) is 0 Å². The fourth-order valence-corrected chi connectivity index (χ4v) is 5.18. The van der Waals surface area contributed by atoms with Gasteiger partial charge in [-0.2, -0.15) is 13.2 Å². The Labute approximate surface area is 188 Å². The largest absolute Gasteiger partial charge is 0.417 e. The summed E-state index contributed by atoms with van der Waals surface area (Å²) < 4.78 is 62.8. The number of alkyl halides is 3. The van der Waals surface area contributed by atoms with E-state index in [0.717, 1.165) is 50.6 Å². The Morgan fingerprint density at radius 1 is 1.12 bits per heavy atom. The maximum atomic E-state index is 13.3. The van der Waals surface area contributed by atoms with Gasteiger partial charge in [-0.25, -0.2) is 0 Å². The van der Waals surface area contributed by atoms with Crippen molar-refractivity contribution in [1.29, 1.82) is 0 Å². The molecule has 0 aromatic carbocycles. The molecule has 1 aliphatic carbocycles. The molecule has 0 bridgehead atoms. The first-order valence-electron chi connectivity index (χ1n) is 12.2. The lowest BCUT2D eigenvalue weighted by Crippen LogP contribution is -2.35. The van der Waals surface area contributed by atoms with Crippen LogP contribution in [0.5, 0.6) is 0 Å². The first-order valence-corrected chi connectivity index (χ1v) is 11.2. The highest BCUT2D eigenvalue weighted by Crippen LogP contribution is 2.40. The number of nitrogens with zero attached hydrogens (tertiary/aromatic N) is 4. The van der Waals surface area contributed by atoms with Crippen LogP contribution >= 0.6 is 0 Å². The predicted molar refractivity (Wildman–Crippen MR) is 114 cm³/mol. The van der Waals surface area contributed by atoms with Crippen LogP contribution in [-0.4, -0.2) is 58.4 Å². The van der Waals surface area contributed by atoms with Crippen LogP contribution in [0.4, 0.5) is 19.0 Å². The molecule has 6 nitrogen and oxygen atoms in total. The molecule has 2 aromatic heterocycles. The number of pyridine rings is 1. The van der Waals surface area contributed by atoms with Crippen molar-refractivity contribution in [2.24, 2.45) is 11.8 Å². The zero-order chi connectivity index (χ0) is 23.9. The monoisotopic (exact) mass is 449 g/mol. The van der Waals surface area contributed by atoms with Crippen LogP contribution in [0.3, 0.4) is 0 Å². The van der Waals surface area contributed by atoms with Crippen molar-refractivity contribution >= 4 is 5.82 Å². The third-order valence-corrected chi connectivity index (χ3v) is 6.68. The van der Waals surface area contributed by atoms with E-state index < -0.39 is 18.2 Å². The van der Waals surface area contributed by atoms with Crippen LogP contribution in [0.25, 0.3) is 11.3 Å². The molecule has 2 aliphatic heterocycles. The minimum absolute atomic E-state index is 0.0965. The van der Waals surface area contributed by atoms with Gasteiger partial charge in [0.05, 0.1) is 17.4 Å². The first kappa shape index (κ1) is 19.2. The topological polar surface area (TPSA) is 63.2 Å². The molecule has 1 N–H and O–H groups in total. The summed E-state index contributed by atoms with van der Waals surface area (Å²) in [4.78, 5) is 5.76. The zero-order valence-electron chi connectivity index (χ0n) is 19.7. The van der Waals surface area contributed by atoms with Crippen LogP contribution in [0.1, 0.15) is 40.4 Å². The minimum atomic E-state index is -4.49. The van der Waals surface area contributed by atoms with Crippen LogP contribution in [-0.2, 0) is 10.9 Å². The molecule has 32 heavy (non-hydrogen) atoms. The van der Waals surface area contributed by atoms with Crippen LogP contribution in [0.15, 0.2) is 30.6 Å². The molecular formula is C23H28F3N5O. The molecule has 0 radical (unpaired) electrons. The highest BCUT2D eigenvalue weighted by molar-refractivity contribution is 5.63. The summed E-state index contributed by atoms with van der Waals surface area (Å²) in [6.07, 6.45) is 1.98. The van der Waals surface area contributed by atoms with Gasteiger partial charge in [-0.3, -0.25) is 4.98 Å². The van der Waals surface area contributed by atoms with Crippen molar-refractivity contribution in [3.05, 3.63) is 36.2 Å². The van der Waals surface area contributed by atoms with Gasteiger partial charge in [-0.1, -0.05) is 0 Å². The standard InChI is InChI=1S/C23H28F3N5O/c24-23(25,26)20-6-7-27-11-19(20)21-4-5-22(30-29-21)28-17-9-15-12-31(13-16(15)10-17)14-18-3-1-2-8-32-18/h4-7,11,15-18H,1-3,8-10,12-14H2,(H,28,30)/t15?,16?,17?,18-/m1/s1/i14D2. The van der Waals surface area contributed by atoms with Gasteiger partial charge in [0, 0.05) is 52.9 Å². The third-order valence-electron chi connectivity index (χ3n) is 6.68. The van der Waals surface area contributed by atoms with Crippen molar-refractivity contribution in [2.45, 2.75) is 50.4 Å². The normalized spacial score (nSPS) is 30.0. The Hall–Kier alpha value is -2.26. The second-order valence-corrected chi connectivity index (χ2v) is 8.94. The Kier molecular flexibility index (Phi) is 5.37. The highest BCUT2D eigenvalue weighted by atomic mass is 19.4. The van der Waals surface area contributed by atoms with Crippen molar-refractivity contribution in [3.8, 4) is 11.3 Å². The number of aromatic nitrogens is 3. The van der Waals surface area contributed by atoms with Crippen molar-refractivity contribution in [3.63, 3.8) is 0 Å². The predicted octanol–water partition coefficient (Wildman–Crippen LogP) is 4.25. The number of rotatable bonds is 5. The quantitative estimate of drug-likeness (QED) is 0.737. The van der Waals surface area contributed by atoms with Gasteiger partial charge >= 0.3 is 6.18 Å². The van der Waals surface area contributed by atoms with Gasteiger partial charge in [0.25, 0.3) is 0 Å². The summed E-state index contributed by atoms with van der Waals surface area (Å²) in [7, 11) is 0. The molecule has 1 saturated carbocycles. The third kappa shape index (κ3) is 4.73. The highest BCUT2D eigenvalue weighted by Gasteiger charge is 2.41. The van der Waals surface area contributed by atoms with Crippen LogP contribution in [0, 0.1) is 11.8 Å². The lowest BCUT2D eigenvalue weighted by atomic mass is 10.0. The number of anilines is 1. The second-order valence-electron chi connectivity index (χ2n) is 8.94. The smallest absolute Gasteiger partial charge is 0.377 e. The average molecular weight is 450 g/mol. The van der Waals surface area contributed by atoms with E-state index in [1.54, 1.807) is 6.07 Å². The number of hydrogen-bond donors (Lipinski definition) is 1. The van der Waals surface area contributed by atoms with Crippen molar-refractivity contribution in [1.82, 2.24) is 20.1 Å². The first-order chi connectivity index (χ1) is 16.2. The van der Waals surface area contributed by atoms with Gasteiger partial charge in [-0.15, -0.1) is 10.2 Å². The molecule has 172 valence electrons. The number of nitrogens with one attached hydrogen (secondary N) is 1. The summed E-state index contributed by atoms with van der Waals surface area (Å²) in [6.45, 7) is 0.606. The Morgan fingerprint density at radius 2 is 1.94 bits per heavy atom. The SMILES string of the molecule is [2H]C([2H])([C@H]1CCCCO1)N1CC2CC(Nc3ccc(-c4cnccc4C(F)(F)F)nn3)CC2C1. The molecule has 0 spiro atoms. The Morgan fingerprint density at radius 3 is 2.59 bits per heavy atom. The molecule has 5 rings (SSSR count). The van der Waals surface area contributed by atoms with Crippen molar-refractivity contribution < 1.29 is 20.6 Å². The number of fused-ring (bicyclic) bond motifs is 1. The molecule has 3 atom stereocenters. The summed E-state index contributed by atoms with van der Waals surface area (Å²) in [5, 5.41) is 11.5. The lowest BCUT2D eigenvalue weighted by Gasteiger charge is -2.28. The van der Waals surface area contributed by atoms with E-state index >= 15 is 0 Å². The summed E-state index contributed by atoms with van der Waals surface area (Å²) in [5.41, 5.74) is -0.762. The van der Waals surface area contributed by atoms with Crippen molar-refractivity contribution in [2.75, 3.05) is 31.5 Å². The molecule has 4 heterocycles. The molecule has 3 fully saturated rings. The van der Waals surface area contributed by atoms with E-state index in [9.17, 15) is 13.2 Å². The van der Waals surface area contributed by atoms with E-state index in [-0.39, 0.29) is 23.4 Å². The molecule has 9 heteroatoms. The number of likely N-dealkylation sites (tertiary alicyclic amines) is 1. The van der Waals surface area contributed by atoms with Gasteiger partial charge in [0.15, 0.2) is 0 Å². The Balaban J connectivity index is 1.19. The molecule has 2 aromatic rings. The average Bonchev–Trinajstić information content (AvgIpc) is 3.39. The molecule has 3 aliphatic rings. The summed E-state index contributed by atoms with van der Waals surface area (Å²) in [6, 6.07) is 4.29. The molecule has 0 amide bonds. The van der Waals surface area contributed by atoms with Gasteiger partial charge in [0.2, 0.25) is 0 Å². The summed E-state index contributed by atoms with van der Waals surface area (Å²) in [5.74, 6) is 1.32. The Bertz CT molecular complexity index is 987. The second kappa shape index (κ2) is 8.94. The maximum Gasteiger partial charge on any atom is 0.417 e. The number of halogens is 3. The summed E-state index contributed by atoms with van der Waals surface area (Å²) >= 11 is 0. The fourth-order valence-electron chi connectivity index (χ4n) is 5.18. The van der Waals surface area contributed by atoms with Gasteiger partial charge in [0.1, 0.15) is 5.82 Å².